The van der Waals surface area contributed by atoms with Gasteiger partial charge in [-0.25, -0.2) is 0 Å². The Morgan fingerprint density at radius 2 is 1.71 bits per heavy atom. The van der Waals surface area contributed by atoms with Crippen molar-refractivity contribution in [3.63, 3.8) is 0 Å². The second-order valence-corrected chi connectivity index (χ2v) is 4.99. The molecule has 0 bridgehead atoms. The normalized spacial score (nSPS) is 10.3. The maximum absolute atomic E-state index is 6.03. The average Bonchev–Trinajstić information content (AvgIpc) is 2.75. The van der Waals surface area contributed by atoms with Crippen molar-refractivity contribution >= 4 is 17.0 Å². The molecular formula is C13H15NO2S. The van der Waals surface area contributed by atoms with Crippen molar-refractivity contribution < 1.29 is 9.47 Å². The summed E-state index contributed by atoms with van der Waals surface area (Å²) in [5, 5.41) is 0. The molecule has 1 aromatic carbocycles. The lowest BCUT2D eigenvalue weighted by Crippen LogP contribution is -1.95. The first kappa shape index (κ1) is 11.8. The predicted molar refractivity (Wildman–Crippen MR) is 72.0 cm³/mol. The largest absolute Gasteiger partial charge is 0.493 e. The minimum Gasteiger partial charge on any atom is -0.493 e. The smallest absolute Gasteiger partial charge is 0.162 e. The highest BCUT2D eigenvalue weighted by atomic mass is 32.1. The molecule has 4 heteroatoms. The number of thiophene rings is 1. The number of hydrogen-bond donors (Lipinski definition) is 1. The molecule has 0 radical (unpaired) electrons. The van der Waals surface area contributed by atoms with Crippen molar-refractivity contribution in [1.82, 2.24) is 0 Å². The van der Waals surface area contributed by atoms with E-state index in [1.807, 2.05) is 6.07 Å². The molecule has 1 aromatic heterocycles. The van der Waals surface area contributed by atoms with Gasteiger partial charge < -0.3 is 15.2 Å². The third kappa shape index (κ3) is 2.22. The lowest BCUT2D eigenvalue weighted by atomic mass is 10.1. The van der Waals surface area contributed by atoms with E-state index in [2.05, 4.69) is 19.1 Å². The summed E-state index contributed by atoms with van der Waals surface area (Å²) in [6.45, 7) is 2.07. The van der Waals surface area contributed by atoms with E-state index in [0.29, 0.717) is 17.2 Å². The third-order valence-corrected chi connectivity index (χ3v) is 3.60. The molecule has 0 saturated carbocycles. The van der Waals surface area contributed by atoms with E-state index < -0.39 is 0 Å². The van der Waals surface area contributed by atoms with Crippen molar-refractivity contribution in [2.75, 3.05) is 20.0 Å². The Morgan fingerprint density at radius 1 is 1.06 bits per heavy atom. The number of hydrogen-bond acceptors (Lipinski definition) is 4. The monoisotopic (exact) mass is 249 g/mol. The van der Waals surface area contributed by atoms with Gasteiger partial charge >= 0.3 is 0 Å². The van der Waals surface area contributed by atoms with Crippen LogP contribution in [0.1, 0.15) is 4.88 Å². The molecular weight excluding hydrogens is 234 g/mol. The number of anilines is 1. The summed E-state index contributed by atoms with van der Waals surface area (Å²) in [6, 6.07) is 7.86. The first-order chi connectivity index (χ1) is 8.15. The lowest BCUT2D eigenvalue weighted by molar-refractivity contribution is 0.355. The minimum atomic E-state index is 0.655. The zero-order chi connectivity index (χ0) is 12.4. The number of rotatable bonds is 3. The summed E-state index contributed by atoms with van der Waals surface area (Å²) in [5.74, 6) is 1.35. The van der Waals surface area contributed by atoms with Crippen LogP contribution in [-0.2, 0) is 0 Å². The van der Waals surface area contributed by atoms with Gasteiger partial charge in [-0.2, -0.15) is 0 Å². The molecule has 0 amide bonds. The van der Waals surface area contributed by atoms with Gasteiger partial charge in [0.15, 0.2) is 11.5 Å². The molecule has 0 saturated heterocycles. The number of methoxy groups -OCH3 is 2. The fourth-order valence-corrected chi connectivity index (χ4v) is 2.59. The SMILES string of the molecule is COc1cc(N)c(-c2ccc(C)s2)cc1OC. The van der Waals surface area contributed by atoms with Crippen molar-refractivity contribution in [3.05, 3.63) is 29.1 Å². The van der Waals surface area contributed by atoms with E-state index in [4.69, 9.17) is 15.2 Å². The summed E-state index contributed by atoms with van der Waals surface area (Å²) in [5.41, 5.74) is 7.72. The number of nitrogens with two attached hydrogens (primary N) is 1. The van der Waals surface area contributed by atoms with Crippen LogP contribution in [-0.4, -0.2) is 14.2 Å². The molecule has 17 heavy (non-hydrogen) atoms. The Balaban J connectivity index is 2.55. The van der Waals surface area contributed by atoms with Crippen LogP contribution in [0.4, 0.5) is 5.69 Å². The summed E-state index contributed by atoms with van der Waals surface area (Å²) in [7, 11) is 3.23. The predicted octanol–water partition coefficient (Wildman–Crippen LogP) is 3.32. The molecule has 0 aliphatic heterocycles. The van der Waals surface area contributed by atoms with E-state index in [9.17, 15) is 0 Å². The van der Waals surface area contributed by atoms with E-state index in [1.165, 1.54) is 4.88 Å². The second-order valence-electron chi connectivity index (χ2n) is 3.70. The van der Waals surface area contributed by atoms with Gasteiger partial charge in [-0.3, -0.25) is 0 Å². The molecule has 2 aromatic rings. The topological polar surface area (TPSA) is 44.5 Å². The van der Waals surface area contributed by atoms with Crippen LogP contribution in [0.3, 0.4) is 0 Å². The zero-order valence-corrected chi connectivity index (χ0v) is 10.9. The molecule has 1 heterocycles. The van der Waals surface area contributed by atoms with Gasteiger partial charge in [-0.15, -0.1) is 11.3 Å². The Morgan fingerprint density at radius 3 is 2.24 bits per heavy atom. The molecule has 2 rings (SSSR count). The molecule has 0 fully saturated rings. The van der Waals surface area contributed by atoms with Crippen molar-refractivity contribution in [2.45, 2.75) is 6.92 Å². The second kappa shape index (κ2) is 4.67. The number of ether oxygens (including phenoxy) is 2. The minimum absolute atomic E-state index is 0.655. The lowest BCUT2D eigenvalue weighted by Gasteiger charge is -2.11. The van der Waals surface area contributed by atoms with Crippen molar-refractivity contribution in [2.24, 2.45) is 0 Å². The molecule has 0 aliphatic rings. The average molecular weight is 249 g/mol. The Bertz CT molecular complexity index is 534. The van der Waals surface area contributed by atoms with Crippen LogP contribution >= 0.6 is 11.3 Å². The van der Waals surface area contributed by atoms with E-state index >= 15 is 0 Å². The van der Waals surface area contributed by atoms with Crippen LogP contribution in [0.2, 0.25) is 0 Å². The summed E-state index contributed by atoms with van der Waals surface area (Å²) >= 11 is 1.71. The molecule has 0 atom stereocenters. The summed E-state index contributed by atoms with van der Waals surface area (Å²) < 4.78 is 10.5. The van der Waals surface area contributed by atoms with Gasteiger partial charge in [0.1, 0.15) is 0 Å². The van der Waals surface area contributed by atoms with Gasteiger partial charge in [0, 0.05) is 27.1 Å². The van der Waals surface area contributed by atoms with Gasteiger partial charge in [0.25, 0.3) is 0 Å². The first-order valence-corrected chi connectivity index (χ1v) is 6.05. The molecule has 0 unspecified atom stereocenters. The van der Waals surface area contributed by atoms with Crippen LogP contribution in [0.5, 0.6) is 11.5 Å². The number of nitrogen functional groups attached to an aromatic ring is 1. The molecule has 3 nitrogen and oxygen atoms in total. The van der Waals surface area contributed by atoms with Crippen LogP contribution in [0, 0.1) is 6.92 Å². The van der Waals surface area contributed by atoms with Gasteiger partial charge in [-0.05, 0) is 25.1 Å². The Labute approximate surface area is 105 Å². The van der Waals surface area contributed by atoms with E-state index in [-0.39, 0.29) is 0 Å². The van der Waals surface area contributed by atoms with Gasteiger partial charge in [0.05, 0.1) is 14.2 Å². The van der Waals surface area contributed by atoms with Crippen LogP contribution < -0.4 is 15.2 Å². The Kier molecular flexibility index (Phi) is 3.24. The van der Waals surface area contributed by atoms with Crippen LogP contribution in [0.25, 0.3) is 10.4 Å². The standard InChI is InChI=1S/C13H15NO2S/c1-8-4-5-13(17-8)9-6-11(15-2)12(16-3)7-10(9)14/h4-7H,14H2,1-3H3. The molecule has 0 aliphatic carbocycles. The van der Waals surface area contributed by atoms with Crippen molar-refractivity contribution in [3.8, 4) is 21.9 Å². The third-order valence-electron chi connectivity index (χ3n) is 2.56. The molecule has 2 N–H and O–H groups in total. The highest BCUT2D eigenvalue weighted by Gasteiger charge is 2.11. The molecule has 90 valence electrons. The maximum atomic E-state index is 6.03. The van der Waals surface area contributed by atoms with E-state index in [0.717, 1.165) is 10.4 Å². The Hall–Kier alpha value is -1.68. The fraction of sp³-hybridized carbons (Fsp3) is 0.231. The summed E-state index contributed by atoms with van der Waals surface area (Å²) in [4.78, 5) is 2.40. The fourth-order valence-electron chi connectivity index (χ4n) is 1.69. The first-order valence-electron chi connectivity index (χ1n) is 5.24. The van der Waals surface area contributed by atoms with Crippen molar-refractivity contribution in [1.29, 1.82) is 0 Å². The van der Waals surface area contributed by atoms with Gasteiger partial charge in [0.2, 0.25) is 0 Å². The summed E-state index contributed by atoms with van der Waals surface area (Å²) in [6.07, 6.45) is 0. The maximum Gasteiger partial charge on any atom is 0.162 e. The number of benzene rings is 1. The van der Waals surface area contributed by atoms with Crippen LogP contribution in [0.15, 0.2) is 24.3 Å². The highest BCUT2D eigenvalue weighted by Crippen LogP contribution is 2.39. The number of aryl methyl sites for hydroxylation is 1. The zero-order valence-electron chi connectivity index (χ0n) is 10.1. The quantitative estimate of drug-likeness (QED) is 0.849. The van der Waals surface area contributed by atoms with Gasteiger partial charge in [-0.1, -0.05) is 0 Å². The molecule has 0 spiro atoms. The highest BCUT2D eigenvalue weighted by molar-refractivity contribution is 7.15. The van der Waals surface area contributed by atoms with E-state index in [1.54, 1.807) is 31.6 Å².